The average molecular weight is 1180 g/mol. The van der Waals surface area contributed by atoms with Crippen molar-refractivity contribution in [2.45, 2.75) is 116 Å². The molecule has 5 heterocycles. The number of anilines is 3. The van der Waals surface area contributed by atoms with Gasteiger partial charge in [-0.25, -0.2) is 14.4 Å². The Balaban J connectivity index is 0.000000207. The predicted octanol–water partition coefficient (Wildman–Crippen LogP) is 7.15. The van der Waals surface area contributed by atoms with Crippen LogP contribution in [0.15, 0.2) is 72.8 Å². The van der Waals surface area contributed by atoms with E-state index in [1.807, 2.05) is 135 Å². The summed E-state index contributed by atoms with van der Waals surface area (Å²) in [4.78, 5) is 103. The Morgan fingerprint density at radius 2 is 0.887 bits per heavy atom. The highest BCUT2D eigenvalue weighted by molar-refractivity contribution is 9.10. The zero-order chi connectivity index (χ0) is 58.8. The van der Waals surface area contributed by atoms with Crippen molar-refractivity contribution in [3.05, 3.63) is 83.9 Å². The first kappa shape index (κ1) is 63.9. The summed E-state index contributed by atoms with van der Waals surface area (Å²) < 4.78 is 21.9. The van der Waals surface area contributed by atoms with E-state index in [1.165, 1.54) is 0 Å². The number of hydrogen-bond donors (Lipinski definition) is 3. The molecule has 0 aromatic heterocycles. The van der Waals surface area contributed by atoms with Crippen molar-refractivity contribution < 1.29 is 62.4 Å². The Hall–Kier alpha value is -6.94. The van der Waals surface area contributed by atoms with E-state index in [4.69, 9.17) is 24.1 Å². The van der Waals surface area contributed by atoms with Gasteiger partial charge in [0.1, 0.15) is 28.8 Å². The highest BCUT2D eigenvalue weighted by Crippen LogP contribution is 2.25. The first-order chi connectivity index (χ1) is 37.7. The highest BCUT2D eigenvalue weighted by atomic mass is 79.9. The fourth-order valence-corrected chi connectivity index (χ4v) is 8.85. The van der Waals surface area contributed by atoms with Crippen LogP contribution < -0.4 is 30.1 Å². The summed E-state index contributed by atoms with van der Waals surface area (Å²) >= 11 is 3.12. The van der Waals surface area contributed by atoms with E-state index in [-0.39, 0.29) is 65.9 Å². The molecule has 5 saturated heterocycles. The topological polar surface area (TPSA) is 237 Å². The van der Waals surface area contributed by atoms with Crippen LogP contribution >= 0.6 is 15.9 Å². The molecule has 5 aliphatic rings. The third kappa shape index (κ3) is 21.6. The van der Waals surface area contributed by atoms with Crippen LogP contribution in [0.25, 0.3) is 0 Å². The summed E-state index contributed by atoms with van der Waals surface area (Å²) in [5.41, 5.74) is 3.44. The van der Waals surface area contributed by atoms with Gasteiger partial charge in [0, 0.05) is 114 Å². The van der Waals surface area contributed by atoms with Crippen LogP contribution in [0.4, 0.5) is 31.4 Å². The number of aldehydes is 1. The Bertz CT molecular complexity index is 2540. The van der Waals surface area contributed by atoms with Crippen molar-refractivity contribution in [1.82, 2.24) is 25.3 Å². The van der Waals surface area contributed by atoms with E-state index in [9.17, 15) is 38.4 Å². The number of carbonyl (C=O) groups is 8. The minimum atomic E-state index is -0.488. The minimum absolute atomic E-state index is 0.0622. The first-order valence-corrected chi connectivity index (χ1v) is 28.1. The Morgan fingerprint density at radius 1 is 0.537 bits per heavy atom. The summed E-state index contributed by atoms with van der Waals surface area (Å²) in [5.74, 6) is -0.482. The molecule has 5 aliphatic heterocycles. The Labute approximate surface area is 478 Å². The number of aliphatic hydroxyl groups is 1. The van der Waals surface area contributed by atoms with Crippen LogP contribution in [0.3, 0.4) is 0 Å². The second kappa shape index (κ2) is 29.5. The van der Waals surface area contributed by atoms with E-state index < -0.39 is 16.8 Å². The molecule has 80 heavy (non-hydrogen) atoms. The van der Waals surface area contributed by atoms with Gasteiger partial charge < -0.3 is 53.5 Å². The van der Waals surface area contributed by atoms with Gasteiger partial charge in [-0.2, -0.15) is 0 Å². The number of nitrogens with one attached hydrogen (secondary N) is 2. The summed E-state index contributed by atoms with van der Waals surface area (Å²) in [6, 6.07) is 23.1. The number of benzene rings is 3. The lowest BCUT2D eigenvalue weighted by molar-refractivity contribution is -0.137. The molecule has 21 nitrogen and oxygen atoms in total. The lowest BCUT2D eigenvalue weighted by Crippen LogP contribution is -2.50. The van der Waals surface area contributed by atoms with E-state index in [1.54, 1.807) is 14.7 Å². The zero-order valence-electron chi connectivity index (χ0n) is 47.8. The fraction of sp³-hybridized carbons (Fsp3) is 0.552. The van der Waals surface area contributed by atoms with Crippen molar-refractivity contribution in [2.75, 3.05) is 99.8 Å². The SMILES string of the molecule is CC(C)(C)OC(=O)N1CCN(c2ccc(C=O)cc2)CC1.CC(C)(C)OC(=O)N1CCN(c2ccc(CO)cc2)CC1.CC(C)(C)OC(=O)N1CCN(c2ccc(OCC3CCC(=O)NC3=O)cc2)CC1.O=C1CCC(Br)C(=O)N1. The van der Waals surface area contributed by atoms with Gasteiger partial charge in [-0.05, 0) is 141 Å². The molecule has 0 saturated carbocycles. The lowest BCUT2D eigenvalue weighted by Gasteiger charge is -2.36. The van der Waals surface area contributed by atoms with Crippen molar-refractivity contribution in [1.29, 1.82) is 0 Å². The number of imide groups is 2. The largest absolute Gasteiger partial charge is 0.493 e. The molecule has 7 amide bonds. The molecule has 3 aromatic rings. The maximum absolute atomic E-state index is 12.2. The Morgan fingerprint density at radius 3 is 1.21 bits per heavy atom. The van der Waals surface area contributed by atoms with Crippen LogP contribution in [0, 0.1) is 5.92 Å². The molecule has 3 aromatic carbocycles. The molecule has 0 aliphatic carbocycles. The van der Waals surface area contributed by atoms with Gasteiger partial charge in [0.15, 0.2) is 0 Å². The molecule has 2 unspecified atom stereocenters. The molecule has 3 N–H and O–H groups in total. The minimum Gasteiger partial charge on any atom is -0.493 e. The van der Waals surface area contributed by atoms with Crippen LogP contribution in [-0.4, -0.2) is 175 Å². The lowest BCUT2D eigenvalue weighted by atomic mass is 9.99. The molecule has 438 valence electrons. The number of ether oxygens (including phenoxy) is 4. The molecular formula is C58H81BrN8O13. The third-order valence-electron chi connectivity index (χ3n) is 12.9. The second-order valence-electron chi connectivity index (χ2n) is 22.8. The van der Waals surface area contributed by atoms with Gasteiger partial charge >= 0.3 is 18.3 Å². The fourth-order valence-electron chi connectivity index (χ4n) is 8.51. The molecule has 0 bridgehead atoms. The number of piperazine rings is 3. The summed E-state index contributed by atoms with van der Waals surface area (Å²) in [5, 5.41) is 13.6. The van der Waals surface area contributed by atoms with Gasteiger partial charge in [0.2, 0.25) is 23.6 Å². The quantitative estimate of drug-likeness (QED) is 0.0878. The van der Waals surface area contributed by atoms with Gasteiger partial charge in [-0.3, -0.25) is 34.6 Å². The van der Waals surface area contributed by atoms with Gasteiger partial charge in [-0.15, -0.1) is 0 Å². The number of rotatable bonds is 8. The molecule has 2 atom stereocenters. The molecule has 5 fully saturated rings. The molecule has 8 rings (SSSR count). The molecule has 0 spiro atoms. The van der Waals surface area contributed by atoms with E-state index >= 15 is 0 Å². The van der Waals surface area contributed by atoms with E-state index in [0.717, 1.165) is 68.2 Å². The third-order valence-corrected chi connectivity index (χ3v) is 13.7. The Kier molecular flexibility index (Phi) is 23.6. The van der Waals surface area contributed by atoms with Gasteiger partial charge in [0.25, 0.3) is 0 Å². The van der Waals surface area contributed by atoms with E-state index in [2.05, 4.69) is 41.3 Å². The van der Waals surface area contributed by atoms with Crippen LogP contribution in [-0.2, 0) is 40.0 Å². The number of amides is 7. The number of nitrogens with zero attached hydrogens (tertiary/aromatic N) is 6. The van der Waals surface area contributed by atoms with Gasteiger partial charge in [0.05, 0.1) is 24.0 Å². The maximum Gasteiger partial charge on any atom is 0.410 e. The van der Waals surface area contributed by atoms with Crippen molar-refractivity contribution in [3.8, 4) is 5.75 Å². The number of halogens is 1. The number of piperidine rings is 2. The highest BCUT2D eigenvalue weighted by Gasteiger charge is 2.30. The number of hydrogen-bond acceptors (Lipinski definition) is 16. The zero-order valence-corrected chi connectivity index (χ0v) is 49.4. The van der Waals surface area contributed by atoms with Crippen LogP contribution in [0.2, 0.25) is 0 Å². The van der Waals surface area contributed by atoms with Crippen LogP contribution in [0.1, 0.15) is 104 Å². The monoisotopic (exact) mass is 1180 g/mol. The number of aliphatic hydroxyl groups excluding tert-OH is 1. The molecule has 0 radical (unpaired) electrons. The molecular weight excluding hydrogens is 1100 g/mol. The van der Waals surface area contributed by atoms with Crippen molar-refractivity contribution in [2.24, 2.45) is 5.92 Å². The maximum atomic E-state index is 12.2. The van der Waals surface area contributed by atoms with E-state index in [0.29, 0.717) is 76.3 Å². The van der Waals surface area contributed by atoms with Crippen molar-refractivity contribution in [3.63, 3.8) is 0 Å². The average Bonchev–Trinajstić information content (AvgIpc) is 3.41. The second-order valence-corrected chi connectivity index (χ2v) is 23.9. The smallest absolute Gasteiger partial charge is 0.410 e. The normalized spacial score (nSPS) is 18.8. The number of alkyl halides is 1. The first-order valence-electron chi connectivity index (χ1n) is 27.2. The predicted molar refractivity (Wildman–Crippen MR) is 307 cm³/mol. The standard InChI is InChI=1S/C21H29N3O5.C16H24N2O3.C16H22N2O3.C5H6BrNO2/c1-21(2,3)29-20(27)24-12-10-23(11-13-24)16-5-7-17(8-6-16)28-14-15-4-9-18(25)22-19(15)26;2*1-16(2,3)21-15(20)18-10-8-17(9-11-18)14-6-4-13(12-19)5-7-14;6-3-1-2-4(8)7-5(3)9/h5-8,15H,4,9-14H2,1-3H3,(H,22,25,26);4-7,19H,8-12H2,1-3H3;4-7,12H,8-11H2,1-3H3;3H,1-2H2,(H,7,8,9). The van der Waals surface area contributed by atoms with Gasteiger partial charge in [-0.1, -0.05) is 28.1 Å². The van der Waals surface area contributed by atoms with Crippen LogP contribution in [0.5, 0.6) is 5.75 Å². The molecule has 22 heteroatoms. The summed E-state index contributed by atoms with van der Waals surface area (Å²) in [6.45, 7) is 25.6. The summed E-state index contributed by atoms with van der Waals surface area (Å²) in [7, 11) is 0. The summed E-state index contributed by atoms with van der Waals surface area (Å²) in [6.07, 6.45) is 2.01. The number of carbonyl (C=O) groups excluding carboxylic acids is 8. The van der Waals surface area contributed by atoms with Crippen molar-refractivity contribution >= 4 is 81.2 Å².